The minimum atomic E-state index is -4.57. The average Bonchev–Trinajstić information content (AvgIpc) is 2.74. The number of sulfonamides is 1. The highest BCUT2D eigenvalue weighted by atomic mass is 35.5. The van der Waals surface area contributed by atoms with Gasteiger partial charge in [-0.1, -0.05) is 30.9 Å². The second-order valence-corrected chi connectivity index (χ2v) is 9.58. The molecule has 1 aliphatic carbocycles. The third-order valence-electron chi connectivity index (χ3n) is 5.00. The van der Waals surface area contributed by atoms with E-state index in [-0.39, 0.29) is 27.4 Å². The number of rotatable bonds is 7. The zero-order valence-corrected chi connectivity index (χ0v) is 18.5. The number of benzene rings is 2. The Morgan fingerprint density at radius 2 is 1.72 bits per heavy atom. The minimum absolute atomic E-state index is 0.0497. The molecule has 32 heavy (non-hydrogen) atoms. The van der Waals surface area contributed by atoms with Crippen LogP contribution < -0.4 is 14.8 Å². The van der Waals surface area contributed by atoms with Gasteiger partial charge in [0.15, 0.2) is 6.61 Å². The second-order valence-electron chi connectivity index (χ2n) is 7.46. The van der Waals surface area contributed by atoms with Gasteiger partial charge in [-0.15, -0.1) is 0 Å². The molecular weight excluding hydrogens is 469 g/mol. The van der Waals surface area contributed by atoms with Gasteiger partial charge in [-0.25, -0.2) is 13.1 Å². The molecule has 0 bridgehead atoms. The number of alkyl halides is 3. The lowest BCUT2D eigenvalue weighted by molar-refractivity contribution is -0.137. The van der Waals surface area contributed by atoms with Crippen LogP contribution in [0.1, 0.15) is 37.7 Å². The van der Waals surface area contributed by atoms with Crippen molar-refractivity contribution in [3.63, 3.8) is 0 Å². The van der Waals surface area contributed by atoms with Gasteiger partial charge in [0.2, 0.25) is 10.0 Å². The maximum absolute atomic E-state index is 12.8. The monoisotopic (exact) mass is 490 g/mol. The van der Waals surface area contributed by atoms with E-state index in [1.54, 1.807) is 0 Å². The first kappa shape index (κ1) is 24.3. The molecule has 174 valence electrons. The smallest absolute Gasteiger partial charge is 0.416 e. The molecule has 0 aromatic heterocycles. The van der Waals surface area contributed by atoms with Crippen molar-refractivity contribution >= 4 is 33.2 Å². The third kappa shape index (κ3) is 6.60. The number of ether oxygens (including phenoxy) is 1. The van der Waals surface area contributed by atoms with Crippen molar-refractivity contribution in [2.24, 2.45) is 0 Å². The van der Waals surface area contributed by atoms with Crippen LogP contribution in [0.15, 0.2) is 47.4 Å². The van der Waals surface area contributed by atoms with Gasteiger partial charge in [0.25, 0.3) is 5.91 Å². The van der Waals surface area contributed by atoms with E-state index in [0.717, 1.165) is 50.3 Å². The summed E-state index contributed by atoms with van der Waals surface area (Å²) >= 11 is 5.85. The van der Waals surface area contributed by atoms with Crippen molar-refractivity contribution in [2.75, 3.05) is 11.9 Å². The van der Waals surface area contributed by atoms with Crippen molar-refractivity contribution in [2.45, 2.75) is 49.2 Å². The highest BCUT2D eigenvalue weighted by Gasteiger charge is 2.31. The Bertz CT molecular complexity index is 1050. The molecule has 0 aliphatic heterocycles. The molecule has 0 saturated heterocycles. The quantitative estimate of drug-likeness (QED) is 0.573. The summed E-state index contributed by atoms with van der Waals surface area (Å²) in [5.74, 6) is -0.492. The fourth-order valence-corrected chi connectivity index (χ4v) is 4.83. The maximum Gasteiger partial charge on any atom is 0.416 e. The predicted molar refractivity (Wildman–Crippen MR) is 114 cm³/mol. The zero-order chi connectivity index (χ0) is 23.4. The molecule has 1 saturated carbocycles. The molecule has 1 fully saturated rings. The van der Waals surface area contributed by atoms with Crippen LogP contribution in [0.4, 0.5) is 18.9 Å². The van der Waals surface area contributed by atoms with Crippen LogP contribution in [0.5, 0.6) is 5.75 Å². The van der Waals surface area contributed by atoms with Crippen LogP contribution in [-0.4, -0.2) is 27.0 Å². The Labute approximate surface area is 189 Å². The van der Waals surface area contributed by atoms with E-state index in [2.05, 4.69) is 10.0 Å². The molecule has 0 spiro atoms. The van der Waals surface area contributed by atoms with Crippen LogP contribution >= 0.6 is 11.6 Å². The second kappa shape index (κ2) is 10.1. The molecule has 6 nitrogen and oxygen atoms in total. The number of carbonyl (C=O) groups is 1. The van der Waals surface area contributed by atoms with E-state index >= 15 is 0 Å². The summed E-state index contributed by atoms with van der Waals surface area (Å²) < 4.78 is 71.5. The molecule has 2 N–H and O–H groups in total. The van der Waals surface area contributed by atoms with Crippen molar-refractivity contribution in [1.82, 2.24) is 4.72 Å². The molecule has 3 rings (SSSR count). The summed E-state index contributed by atoms with van der Waals surface area (Å²) in [6, 6.07) is 8.05. The highest BCUT2D eigenvalue weighted by molar-refractivity contribution is 7.89. The molecule has 1 aliphatic rings. The van der Waals surface area contributed by atoms with Crippen molar-refractivity contribution in [3.8, 4) is 5.75 Å². The topological polar surface area (TPSA) is 84.5 Å². The van der Waals surface area contributed by atoms with Crippen LogP contribution in [0.2, 0.25) is 5.02 Å². The Morgan fingerprint density at radius 3 is 2.34 bits per heavy atom. The molecule has 0 radical (unpaired) electrons. The largest absolute Gasteiger partial charge is 0.484 e. The maximum atomic E-state index is 12.8. The predicted octanol–water partition coefficient (Wildman–Crippen LogP) is 4.99. The van der Waals surface area contributed by atoms with Gasteiger partial charge < -0.3 is 10.1 Å². The highest BCUT2D eigenvalue weighted by Crippen LogP contribution is 2.33. The Balaban J connectivity index is 1.56. The van der Waals surface area contributed by atoms with E-state index in [1.165, 1.54) is 24.3 Å². The first-order valence-corrected chi connectivity index (χ1v) is 11.8. The van der Waals surface area contributed by atoms with Gasteiger partial charge >= 0.3 is 6.18 Å². The molecule has 11 heteroatoms. The van der Waals surface area contributed by atoms with Gasteiger partial charge in [-0.3, -0.25) is 4.79 Å². The van der Waals surface area contributed by atoms with Crippen molar-refractivity contribution in [3.05, 3.63) is 53.1 Å². The number of hydrogen-bond acceptors (Lipinski definition) is 4. The lowest BCUT2D eigenvalue weighted by Gasteiger charge is -2.22. The van der Waals surface area contributed by atoms with Crippen LogP contribution in [0.3, 0.4) is 0 Å². The molecule has 1 amide bonds. The summed E-state index contributed by atoms with van der Waals surface area (Å²) in [5, 5.41) is 2.22. The summed E-state index contributed by atoms with van der Waals surface area (Å²) in [5.41, 5.74) is -1.14. The first-order chi connectivity index (χ1) is 15.0. The molecule has 2 aromatic rings. The van der Waals surface area contributed by atoms with Gasteiger partial charge in [0.05, 0.1) is 21.2 Å². The van der Waals surface area contributed by atoms with E-state index in [0.29, 0.717) is 0 Å². The van der Waals surface area contributed by atoms with Gasteiger partial charge in [0.1, 0.15) is 5.75 Å². The fraction of sp³-hybridized carbons (Fsp3) is 0.381. The zero-order valence-electron chi connectivity index (χ0n) is 16.9. The number of nitrogens with one attached hydrogen (secondary N) is 2. The normalized spacial score (nSPS) is 15.4. The number of halogens is 4. The van der Waals surface area contributed by atoms with E-state index in [4.69, 9.17) is 16.3 Å². The first-order valence-electron chi connectivity index (χ1n) is 9.96. The molecular formula is C21H22ClF3N2O4S. The number of amides is 1. The summed E-state index contributed by atoms with van der Waals surface area (Å²) in [6.07, 6.45) is 0.143. The van der Waals surface area contributed by atoms with Gasteiger partial charge in [-0.2, -0.15) is 13.2 Å². The van der Waals surface area contributed by atoms with Crippen LogP contribution in [0, 0.1) is 0 Å². The van der Waals surface area contributed by atoms with Crippen molar-refractivity contribution in [1.29, 1.82) is 0 Å². The summed E-state index contributed by atoms with van der Waals surface area (Å²) in [7, 11) is -3.66. The summed E-state index contributed by atoms with van der Waals surface area (Å²) in [4.78, 5) is 12.1. The molecule has 2 aromatic carbocycles. The van der Waals surface area contributed by atoms with E-state index < -0.39 is 34.3 Å². The average molecular weight is 491 g/mol. The fourth-order valence-electron chi connectivity index (χ4n) is 3.36. The molecule has 0 unspecified atom stereocenters. The standard InChI is InChI=1S/C21H22ClF3N2O4S/c22-18-11-6-14(21(23,24)25)12-19(18)26-20(28)13-31-16-7-9-17(10-8-16)32(29,30)27-15-4-2-1-3-5-15/h6-12,15,27H,1-5,13H2,(H,26,28). The Hall–Kier alpha value is -2.30. The SMILES string of the molecule is O=C(COc1ccc(S(=O)(=O)NC2CCCCC2)cc1)Nc1cc(C(F)(F)F)ccc1Cl. The molecule has 0 atom stereocenters. The van der Waals surface area contributed by atoms with Gasteiger partial charge in [0, 0.05) is 6.04 Å². The minimum Gasteiger partial charge on any atom is -0.484 e. The number of carbonyl (C=O) groups excluding carboxylic acids is 1. The van der Waals surface area contributed by atoms with Crippen LogP contribution in [0.25, 0.3) is 0 Å². The number of anilines is 1. The van der Waals surface area contributed by atoms with Gasteiger partial charge in [-0.05, 0) is 55.3 Å². The Morgan fingerprint density at radius 1 is 1.06 bits per heavy atom. The lowest BCUT2D eigenvalue weighted by Crippen LogP contribution is -2.36. The van der Waals surface area contributed by atoms with E-state index in [1.807, 2.05) is 0 Å². The van der Waals surface area contributed by atoms with E-state index in [9.17, 15) is 26.4 Å². The van der Waals surface area contributed by atoms with Crippen molar-refractivity contribution < 1.29 is 31.1 Å². The molecule has 0 heterocycles. The lowest BCUT2D eigenvalue weighted by atomic mass is 9.96. The number of hydrogen-bond donors (Lipinski definition) is 2. The summed E-state index contributed by atoms with van der Waals surface area (Å²) in [6.45, 7) is -0.501. The van der Waals surface area contributed by atoms with Crippen LogP contribution in [-0.2, 0) is 21.0 Å². The Kier molecular flexibility index (Phi) is 7.68. The third-order valence-corrected chi connectivity index (χ3v) is 6.86.